The Labute approximate surface area is 200 Å². The minimum atomic E-state index is 0.221. The van der Waals surface area contributed by atoms with E-state index in [1.165, 1.54) is 0 Å². The molecule has 0 bridgehead atoms. The summed E-state index contributed by atoms with van der Waals surface area (Å²) < 4.78 is 0. The van der Waals surface area contributed by atoms with Crippen LogP contribution in [-0.4, -0.2) is 46.0 Å². The van der Waals surface area contributed by atoms with Gasteiger partial charge in [-0.1, -0.05) is 60.6 Å². The molecule has 0 aliphatic heterocycles. The monoisotopic (exact) mass is 457 g/mol. The van der Waals surface area contributed by atoms with Gasteiger partial charge in [0.15, 0.2) is 0 Å². The Bertz CT molecular complexity index is 747. The van der Waals surface area contributed by atoms with Gasteiger partial charge in [0, 0.05) is 38.5 Å². The molecule has 0 atom stereocenters. The van der Waals surface area contributed by atoms with Gasteiger partial charge in [-0.25, -0.2) is 9.97 Å². The lowest BCUT2D eigenvalue weighted by Crippen LogP contribution is -2.27. The summed E-state index contributed by atoms with van der Waals surface area (Å²) in [6, 6.07) is 12.5. The van der Waals surface area contributed by atoms with Crippen molar-refractivity contribution >= 4 is 23.4 Å². The van der Waals surface area contributed by atoms with Crippen LogP contribution >= 0.6 is 11.8 Å². The molecular weight excluding hydrogens is 414 g/mol. The fourth-order valence-electron chi connectivity index (χ4n) is 3.05. The summed E-state index contributed by atoms with van der Waals surface area (Å²) in [5.74, 6) is 4.15. The lowest BCUT2D eigenvalue weighted by atomic mass is 9.97. The molecular formula is C26H43N5S. The molecule has 5 nitrogen and oxygen atoms in total. The molecule has 0 radical (unpaired) electrons. The Balaban J connectivity index is 2.07. The highest BCUT2D eigenvalue weighted by molar-refractivity contribution is 7.99. The van der Waals surface area contributed by atoms with E-state index in [4.69, 9.17) is 9.97 Å². The Morgan fingerprint density at radius 2 is 1.25 bits per heavy atom. The van der Waals surface area contributed by atoms with Crippen molar-refractivity contribution in [2.45, 2.75) is 61.6 Å². The van der Waals surface area contributed by atoms with Gasteiger partial charge < -0.3 is 10.6 Å². The number of pyridine rings is 2. The average Bonchev–Trinajstić information content (AvgIpc) is 2.70. The van der Waals surface area contributed by atoms with Crippen LogP contribution in [-0.2, 0) is 13.1 Å². The van der Waals surface area contributed by atoms with Crippen LogP contribution in [0.4, 0.5) is 11.6 Å². The molecule has 0 saturated heterocycles. The van der Waals surface area contributed by atoms with Crippen LogP contribution in [0.1, 0.15) is 59.9 Å². The van der Waals surface area contributed by atoms with Crippen molar-refractivity contribution in [3.05, 3.63) is 47.8 Å². The number of hydrogen-bond acceptors (Lipinski definition) is 6. The van der Waals surface area contributed by atoms with Gasteiger partial charge >= 0.3 is 0 Å². The predicted octanol–water partition coefficient (Wildman–Crippen LogP) is 6.15. The average molecular weight is 458 g/mol. The topological polar surface area (TPSA) is 53.1 Å². The second-order valence-electron chi connectivity index (χ2n) is 10.8. The minimum absolute atomic E-state index is 0.221. The van der Waals surface area contributed by atoms with E-state index in [1.807, 2.05) is 11.8 Å². The van der Waals surface area contributed by atoms with Gasteiger partial charge in [-0.15, -0.1) is 0 Å². The van der Waals surface area contributed by atoms with E-state index in [1.54, 1.807) is 0 Å². The van der Waals surface area contributed by atoms with Gasteiger partial charge in [-0.3, -0.25) is 4.90 Å². The molecule has 2 aromatic heterocycles. The Morgan fingerprint density at radius 1 is 0.781 bits per heavy atom. The fourth-order valence-corrected chi connectivity index (χ4v) is 3.73. The summed E-state index contributed by atoms with van der Waals surface area (Å²) in [7, 11) is 0. The molecule has 32 heavy (non-hydrogen) atoms. The van der Waals surface area contributed by atoms with E-state index in [9.17, 15) is 0 Å². The molecule has 2 rings (SSSR count). The van der Waals surface area contributed by atoms with Gasteiger partial charge in [0.1, 0.15) is 11.6 Å². The van der Waals surface area contributed by atoms with Crippen LogP contribution in [0.15, 0.2) is 36.4 Å². The second-order valence-corrected chi connectivity index (χ2v) is 12.2. The SMILES string of the molecule is CCSCCN(Cc1cccc(NCC(C)(C)C)n1)Cc1cccc(NCC(C)(C)C)n1. The predicted molar refractivity (Wildman–Crippen MR) is 141 cm³/mol. The lowest BCUT2D eigenvalue weighted by Gasteiger charge is -2.23. The van der Waals surface area contributed by atoms with Crippen molar-refractivity contribution in [3.63, 3.8) is 0 Å². The normalized spacial score (nSPS) is 12.2. The van der Waals surface area contributed by atoms with Gasteiger partial charge in [-0.2, -0.15) is 11.8 Å². The lowest BCUT2D eigenvalue weighted by molar-refractivity contribution is 0.267. The number of nitrogens with zero attached hydrogens (tertiary/aromatic N) is 3. The highest BCUT2D eigenvalue weighted by atomic mass is 32.2. The van der Waals surface area contributed by atoms with Crippen LogP contribution < -0.4 is 10.6 Å². The molecule has 0 aliphatic carbocycles. The van der Waals surface area contributed by atoms with Crippen LogP contribution in [0.5, 0.6) is 0 Å². The van der Waals surface area contributed by atoms with Crippen molar-refractivity contribution in [2.24, 2.45) is 10.8 Å². The molecule has 0 unspecified atom stereocenters. The highest BCUT2D eigenvalue weighted by Gasteiger charge is 2.13. The largest absolute Gasteiger partial charge is 0.370 e. The van der Waals surface area contributed by atoms with E-state index in [-0.39, 0.29) is 10.8 Å². The smallest absolute Gasteiger partial charge is 0.126 e. The first-order chi connectivity index (χ1) is 15.0. The molecule has 0 aliphatic rings. The maximum Gasteiger partial charge on any atom is 0.126 e. The van der Waals surface area contributed by atoms with Crippen LogP contribution in [0, 0.1) is 10.8 Å². The van der Waals surface area contributed by atoms with E-state index < -0.39 is 0 Å². The van der Waals surface area contributed by atoms with Crippen LogP contribution in [0.25, 0.3) is 0 Å². The summed E-state index contributed by atoms with van der Waals surface area (Å²) in [5.41, 5.74) is 2.62. The van der Waals surface area contributed by atoms with Crippen LogP contribution in [0.3, 0.4) is 0 Å². The summed E-state index contributed by atoms with van der Waals surface area (Å²) >= 11 is 1.98. The summed E-state index contributed by atoms with van der Waals surface area (Å²) in [6.45, 7) is 20.0. The van der Waals surface area contributed by atoms with E-state index in [0.29, 0.717) is 0 Å². The minimum Gasteiger partial charge on any atom is -0.370 e. The molecule has 0 aromatic carbocycles. The van der Waals surface area contributed by atoms with Gasteiger partial charge in [0.05, 0.1) is 11.4 Å². The maximum atomic E-state index is 4.87. The number of rotatable bonds is 12. The van der Waals surface area contributed by atoms with Gasteiger partial charge in [0.2, 0.25) is 0 Å². The summed E-state index contributed by atoms with van der Waals surface area (Å²) in [4.78, 5) is 12.2. The third kappa shape index (κ3) is 11.2. The zero-order valence-corrected chi connectivity index (χ0v) is 22.0. The molecule has 0 amide bonds. The van der Waals surface area contributed by atoms with Gasteiger partial charge in [-0.05, 0) is 40.8 Å². The Hall–Kier alpha value is -1.79. The third-order valence-corrected chi connectivity index (χ3v) is 5.62. The van der Waals surface area contributed by atoms with Crippen molar-refractivity contribution in [1.82, 2.24) is 14.9 Å². The highest BCUT2D eigenvalue weighted by Crippen LogP contribution is 2.17. The third-order valence-electron chi connectivity index (χ3n) is 4.74. The van der Waals surface area contributed by atoms with E-state index >= 15 is 0 Å². The first kappa shape index (κ1) is 26.5. The summed E-state index contributed by atoms with van der Waals surface area (Å²) in [6.07, 6.45) is 0. The van der Waals surface area contributed by atoms with Crippen molar-refractivity contribution in [2.75, 3.05) is 41.8 Å². The first-order valence-electron chi connectivity index (χ1n) is 11.7. The fraction of sp³-hybridized carbons (Fsp3) is 0.615. The number of aromatic nitrogens is 2. The summed E-state index contributed by atoms with van der Waals surface area (Å²) in [5, 5.41) is 6.96. The van der Waals surface area contributed by atoms with E-state index in [2.05, 4.69) is 100 Å². The standard InChI is InChI=1S/C26H43N5S/c1-8-32-16-15-31(17-21-11-9-13-23(29-21)27-19-25(2,3)4)18-22-12-10-14-24(30-22)28-20-26(5,6)7/h9-14H,8,15-20H2,1-7H3,(H,27,29)(H,28,30). The second kappa shape index (κ2) is 12.4. The molecule has 2 N–H and O–H groups in total. The van der Waals surface area contributed by atoms with Crippen molar-refractivity contribution in [1.29, 1.82) is 0 Å². The number of nitrogens with one attached hydrogen (secondary N) is 2. The molecule has 0 saturated carbocycles. The molecule has 178 valence electrons. The quantitative estimate of drug-likeness (QED) is 0.373. The first-order valence-corrected chi connectivity index (χ1v) is 12.9. The Kier molecular flexibility index (Phi) is 10.3. The van der Waals surface area contributed by atoms with Gasteiger partial charge in [0.25, 0.3) is 0 Å². The molecule has 0 fully saturated rings. The molecule has 0 spiro atoms. The molecule has 6 heteroatoms. The zero-order valence-electron chi connectivity index (χ0n) is 21.2. The molecule has 2 aromatic rings. The van der Waals surface area contributed by atoms with Crippen LogP contribution in [0.2, 0.25) is 0 Å². The zero-order chi connectivity index (χ0) is 23.6. The molecule has 2 heterocycles. The Morgan fingerprint density at radius 3 is 1.66 bits per heavy atom. The number of thioether (sulfide) groups is 1. The number of anilines is 2. The number of hydrogen-bond donors (Lipinski definition) is 2. The van der Waals surface area contributed by atoms with Crippen molar-refractivity contribution in [3.8, 4) is 0 Å². The van der Waals surface area contributed by atoms with E-state index in [0.717, 1.165) is 67.3 Å². The maximum absolute atomic E-state index is 4.87. The van der Waals surface area contributed by atoms with Crippen molar-refractivity contribution < 1.29 is 0 Å².